The van der Waals surface area contributed by atoms with E-state index in [4.69, 9.17) is 0 Å². The van der Waals surface area contributed by atoms with E-state index in [1.54, 1.807) is 17.2 Å². The summed E-state index contributed by atoms with van der Waals surface area (Å²) in [6.45, 7) is 0.817. The number of hydrogen-bond acceptors (Lipinski definition) is 3. The highest BCUT2D eigenvalue weighted by molar-refractivity contribution is 4.72. The van der Waals surface area contributed by atoms with Gasteiger partial charge in [-0.2, -0.15) is 15.0 Å². The van der Waals surface area contributed by atoms with Crippen LogP contribution in [-0.2, 0) is 6.67 Å². The molecule has 1 aromatic rings. The molecule has 0 aliphatic heterocycles. The van der Waals surface area contributed by atoms with E-state index in [9.17, 15) is 0 Å². The molecule has 1 aliphatic rings. The van der Waals surface area contributed by atoms with Crippen molar-refractivity contribution < 1.29 is 0 Å². The van der Waals surface area contributed by atoms with Crippen LogP contribution in [0.3, 0.4) is 0 Å². The summed E-state index contributed by atoms with van der Waals surface area (Å²) in [4.78, 5) is 4.10. The first-order valence-corrected chi connectivity index (χ1v) is 5.40. The van der Waals surface area contributed by atoms with Crippen molar-refractivity contribution in [2.24, 2.45) is 0 Å². The first-order valence-electron chi connectivity index (χ1n) is 5.40. The summed E-state index contributed by atoms with van der Waals surface area (Å²) in [5.74, 6) is 0. The second-order valence-electron chi connectivity index (χ2n) is 4.09. The van der Waals surface area contributed by atoms with E-state index < -0.39 is 0 Å². The number of hydrogen-bond donors (Lipinski definition) is 0. The summed E-state index contributed by atoms with van der Waals surface area (Å²) in [6.07, 6.45) is 10.3. The van der Waals surface area contributed by atoms with Gasteiger partial charge in [-0.3, -0.25) is 4.90 Å². The molecule has 0 bridgehead atoms. The minimum absolute atomic E-state index is 0.731. The van der Waals surface area contributed by atoms with Gasteiger partial charge in [0.25, 0.3) is 0 Å². The molecule has 1 heterocycles. The molecule has 4 nitrogen and oxygen atoms in total. The fourth-order valence-corrected chi connectivity index (χ4v) is 2.15. The van der Waals surface area contributed by atoms with Crippen molar-refractivity contribution in [2.45, 2.75) is 44.8 Å². The lowest BCUT2D eigenvalue weighted by Crippen LogP contribution is -2.35. The molecule has 0 radical (unpaired) electrons. The Morgan fingerprint density at radius 1 is 1.21 bits per heavy atom. The monoisotopic (exact) mass is 194 g/mol. The fraction of sp³-hybridized carbons (Fsp3) is 0.800. The van der Waals surface area contributed by atoms with Crippen LogP contribution in [0.15, 0.2) is 12.4 Å². The molecule has 1 fully saturated rings. The Balaban J connectivity index is 1.85. The average molecular weight is 194 g/mol. The van der Waals surface area contributed by atoms with Crippen molar-refractivity contribution in [1.29, 1.82) is 0 Å². The molecule has 0 unspecified atom stereocenters. The van der Waals surface area contributed by atoms with Crippen LogP contribution in [0.5, 0.6) is 0 Å². The molecule has 0 spiro atoms. The standard InChI is InChI=1S/C10H18N4/c1-13(9-14-11-7-8-12-14)10-5-3-2-4-6-10/h7-8,10H,2-6,9H2,1H3. The summed E-state index contributed by atoms with van der Waals surface area (Å²) in [7, 11) is 2.17. The molecule has 0 amide bonds. The van der Waals surface area contributed by atoms with Crippen molar-refractivity contribution in [3.05, 3.63) is 12.4 Å². The maximum absolute atomic E-state index is 4.11. The van der Waals surface area contributed by atoms with Gasteiger partial charge < -0.3 is 0 Å². The molecule has 14 heavy (non-hydrogen) atoms. The lowest BCUT2D eigenvalue weighted by Gasteiger charge is -2.30. The van der Waals surface area contributed by atoms with E-state index >= 15 is 0 Å². The maximum Gasteiger partial charge on any atom is 0.113 e. The van der Waals surface area contributed by atoms with Gasteiger partial charge in [-0.05, 0) is 19.9 Å². The molecule has 1 aliphatic carbocycles. The molecule has 0 saturated heterocycles. The van der Waals surface area contributed by atoms with Gasteiger partial charge in [0, 0.05) is 6.04 Å². The first-order chi connectivity index (χ1) is 6.86. The van der Waals surface area contributed by atoms with Crippen LogP contribution < -0.4 is 0 Å². The van der Waals surface area contributed by atoms with E-state index in [0.717, 1.165) is 12.7 Å². The third-order valence-corrected chi connectivity index (χ3v) is 3.01. The van der Waals surface area contributed by atoms with Crippen LogP contribution in [0.25, 0.3) is 0 Å². The molecule has 1 aromatic heterocycles. The molecule has 0 atom stereocenters. The number of rotatable bonds is 3. The Bertz CT molecular complexity index is 251. The summed E-state index contributed by atoms with van der Waals surface area (Å²) < 4.78 is 0. The van der Waals surface area contributed by atoms with Crippen LogP contribution in [0.1, 0.15) is 32.1 Å². The predicted molar refractivity (Wildman–Crippen MR) is 54.7 cm³/mol. The highest BCUT2D eigenvalue weighted by Crippen LogP contribution is 2.21. The topological polar surface area (TPSA) is 34.0 Å². The third kappa shape index (κ3) is 2.32. The van der Waals surface area contributed by atoms with Crippen molar-refractivity contribution in [3.8, 4) is 0 Å². The minimum atomic E-state index is 0.731. The van der Waals surface area contributed by atoms with Gasteiger partial charge in [-0.1, -0.05) is 19.3 Å². The smallest absolute Gasteiger partial charge is 0.113 e. The molecule has 2 rings (SSSR count). The number of aromatic nitrogens is 3. The van der Waals surface area contributed by atoms with E-state index in [0.29, 0.717) is 0 Å². The van der Waals surface area contributed by atoms with E-state index in [1.807, 2.05) is 0 Å². The van der Waals surface area contributed by atoms with Gasteiger partial charge in [0.15, 0.2) is 0 Å². The van der Waals surface area contributed by atoms with E-state index in [1.165, 1.54) is 32.1 Å². The van der Waals surface area contributed by atoms with E-state index in [2.05, 4.69) is 22.1 Å². The van der Waals surface area contributed by atoms with Crippen molar-refractivity contribution in [1.82, 2.24) is 19.9 Å². The SMILES string of the molecule is CN(Cn1nccn1)C1CCCCC1. The van der Waals surface area contributed by atoms with Crippen LogP contribution >= 0.6 is 0 Å². The lowest BCUT2D eigenvalue weighted by atomic mass is 9.95. The summed E-state index contributed by atoms with van der Waals surface area (Å²) in [5.41, 5.74) is 0. The van der Waals surface area contributed by atoms with Gasteiger partial charge in [0.05, 0.1) is 12.4 Å². The molecular formula is C10H18N4. The van der Waals surface area contributed by atoms with Crippen LogP contribution in [0, 0.1) is 0 Å². The molecule has 78 valence electrons. The number of nitrogens with zero attached hydrogens (tertiary/aromatic N) is 4. The quantitative estimate of drug-likeness (QED) is 0.731. The summed E-state index contributed by atoms with van der Waals surface area (Å²) in [6, 6.07) is 0.731. The Morgan fingerprint density at radius 3 is 2.50 bits per heavy atom. The minimum Gasteiger partial charge on any atom is -0.283 e. The van der Waals surface area contributed by atoms with Gasteiger partial charge in [0.1, 0.15) is 6.67 Å². The zero-order valence-electron chi connectivity index (χ0n) is 8.76. The van der Waals surface area contributed by atoms with Crippen molar-refractivity contribution >= 4 is 0 Å². The Kier molecular flexibility index (Phi) is 3.14. The van der Waals surface area contributed by atoms with Crippen molar-refractivity contribution in [2.75, 3.05) is 7.05 Å². The first kappa shape index (κ1) is 9.65. The van der Waals surface area contributed by atoms with E-state index in [-0.39, 0.29) is 0 Å². The van der Waals surface area contributed by atoms with Crippen LogP contribution in [0.2, 0.25) is 0 Å². The third-order valence-electron chi connectivity index (χ3n) is 3.01. The zero-order chi connectivity index (χ0) is 9.80. The normalized spacial score (nSPS) is 19.0. The molecule has 4 heteroatoms. The molecular weight excluding hydrogens is 176 g/mol. The van der Waals surface area contributed by atoms with Gasteiger partial charge >= 0.3 is 0 Å². The Morgan fingerprint density at radius 2 is 1.86 bits per heavy atom. The second-order valence-corrected chi connectivity index (χ2v) is 4.09. The van der Waals surface area contributed by atoms with Gasteiger partial charge in [0.2, 0.25) is 0 Å². The lowest BCUT2D eigenvalue weighted by molar-refractivity contribution is 0.138. The Hall–Kier alpha value is -0.900. The molecule has 0 N–H and O–H groups in total. The Labute approximate surface area is 84.9 Å². The molecule has 1 saturated carbocycles. The highest BCUT2D eigenvalue weighted by Gasteiger charge is 2.17. The average Bonchev–Trinajstić information content (AvgIpc) is 2.72. The summed E-state index contributed by atoms with van der Waals surface area (Å²) >= 11 is 0. The van der Waals surface area contributed by atoms with Gasteiger partial charge in [-0.15, -0.1) is 0 Å². The maximum atomic E-state index is 4.11. The summed E-state index contributed by atoms with van der Waals surface area (Å²) in [5, 5.41) is 8.23. The van der Waals surface area contributed by atoms with Crippen molar-refractivity contribution in [3.63, 3.8) is 0 Å². The largest absolute Gasteiger partial charge is 0.283 e. The highest BCUT2D eigenvalue weighted by atomic mass is 15.5. The second kappa shape index (κ2) is 4.55. The fourth-order valence-electron chi connectivity index (χ4n) is 2.15. The molecule has 0 aromatic carbocycles. The predicted octanol–water partition coefficient (Wildman–Crippen LogP) is 1.50. The van der Waals surface area contributed by atoms with Crippen LogP contribution in [0.4, 0.5) is 0 Å². The van der Waals surface area contributed by atoms with Gasteiger partial charge in [-0.25, -0.2) is 0 Å². The zero-order valence-corrected chi connectivity index (χ0v) is 8.76. The van der Waals surface area contributed by atoms with Crippen LogP contribution in [-0.4, -0.2) is 33.0 Å².